The topological polar surface area (TPSA) is 31.7 Å². The van der Waals surface area contributed by atoms with Gasteiger partial charge in [-0.1, -0.05) is 5.10 Å². The maximum absolute atomic E-state index is 3.85. The summed E-state index contributed by atoms with van der Waals surface area (Å²) < 4.78 is 0. The molecule has 0 aromatic carbocycles. The molecule has 9 heavy (non-hydrogen) atoms. The van der Waals surface area contributed by atoms with Crippen molar-refractivity contribution in [3.8, 4) is 0 Å². The van der Waals surface area contributed by atoms with Gasteiger partial charge in [0.15, 0.2) is 0 Å². The highest BCUT2D eigenvalue weighted by Gasteiger charge is 2.04. The highest BCUT2D eigenvalue weighted by atomic mass is 15.2. The number of anilines is 1. The van der Waals surface area contributed by atoms with Crippen LogP contribution in [0.3, 0.4) is 0 Å². The molecule has 0 spiro atoms. The lowest BCUT2D eigenvalue weighted by atomic mass is 10.5. The lowest BCUT2D eigenvalue weighted by molar-refractivity contribution is 0.719. The first-order chi connectivity index (χ1) is 4.30. The number of hydrogen-bond donors (Lipinski definition) is 0. The minimum absolute atomic E-state index is 0.887. The van der Waals surface area contributed by atoms with E-state index in [0.717, 1.165) is 5.82 Å². The van der Waals surface area contributed by atoms with Gasteiger partial charge in [-0.25, -0.2) is 0 Å². The Morgan fingerprint density at radius 2 is 2.22 bits per heavy atom. The van der Waals surface area contributed by atoms with Gasteiger partial charge < -0.3 is 0 Å². The molecule has 1 radical (unpaired) electrons. The van der Waals surface area contributed by atoms with Crippen molar-refractivity contribution in [1.29, 1.82) is 0 Å². The molecule has 0 aliphatic rings. The van der Waals surface area contributed by atoms with Gasteiger partial charge in [0.1, 0.15) is 14.1 Å². The second kappa shape index (κ2) is 2.55. The van der Waals surface area contributed by atoms with Crippen molar-refractivity contribution < 1.29 is 0 Å². The minimum Gasteiger partial charge on any atom is -0.153 e. The van der Waals surface area contributed by atoms with Crippen LogP contribution < -0.4 is 4.90 Å². The largest absolute Gasteiger partial charge is 0.294 e. The summed E-state index contributed by atoms with van der Waals surface area (Å²) in [5.74, 6) is 0.887. The molecule has 0 bridgehead atoms. The van der Waals surface area contributed by atoms with E-state index >= 15 is 0 Å². The molecule has 0 N–H and O–H groups in total. The molecule has 0 fully saturated rings. The third kappa shape index (κ3) is 1.47. The van der Waals surface area contributed by atoms with E-state index in [4.69, 9.17) is 0 Å². The normalized spacial score (nSPS) is 10.1. The van der Waals surface area contributed by atoms with Crippen LogP contribution >= 0.6 is 0 Å². The van der Waals surface area contributed by atoms with Gasteiger partial charge in [0.05, 0.1) is 6.20 Å². The average molecular weight is 123 g/mol. The fourth-order valence-corrected chi connectivity index (χ4v) is 0.532. The van der Waals surface area contributed by atoms with E-state index in [1.165, 1.54) is 0 Å². The summed E-state index contributed by atoms with van der Waals surface area (Å²) in [6.07, 6.45) is 1.66. The van der Waals surface area contributed by atoms with Crippen LogP contribution in [0.25, 0.3) is 0 Å². The fourth-order valence-electron chi connectivity index (χ4n) is 0.532. The monoisotopic (exact) mass is 123 g/mol. The molecule has 0 unspecified atom stereocenters. The molecular weight excluding hydrogens is 114 g/mol. The summed E-state index contributed by atoms with van der Waals surface area (Å²) in [7, 11) is 3.87. The Kier molecular flexibility index (Phi) is 1.75. The second-order valence-corrected chi connectivity index (χ2v) is 1.98. The van der Waals surface area contributed by atoms with E-state index in [0.29, 0.717) is 0 Å². The van der Waals surface area contributed by atoms with E-state index in [2.05, 4.69) is 10.2 Å². The van der Waals surface area contributed by atoms with Crippen LogP contribution in [0.5, 0.6) is 0 Å². The van der Waals surface area contributed by atoms with Gasteiger partial charge in [-0.05, 0) is 6.07 Å². The highest BCUT2D eigenvalue weighted by molar-refractivity contribution is 5.23. The summed E-state index contributed by atoms with van der Waals surface area (Å²) in [6.45, 7) is 0. The lowest BCUT2D eigenvalue weighted by Gasteiger charge is -1.93. The first-order valence-corrected chi connectivity index (χ1v) is 2.76. The zero-order valence-electron chi connectivity index (χ0n) is 5.57. The molecule has 1 heterocycles. The van der Waals surface area contributed by atoms with Crippen LogP contribution in [-0.4, -0.2) is 24.3 Å². The molecule has 0 amide bonds. The summed E-state index contributed by atoms with van der Waals surface area (Å²) in [5, 5.41) is 7.57. The van der Waals surface area contributed by atoms with Gasteiger partial charge in [-0.3, -0.25) is 0 Å². The Labute approximate surface area is 54.3 Å². The van der Waals surface area contributed by atoms with Gasteiger partial charge in [-0.15, -0.1) is 4.90 Å². The maximum Gasteiger partial charge on any atom is 0.294 e. The van der Waals surface area contributed by atoms with E-state index in [1.807, 2.05) is 31.1 Å². The van der Waals surface area contributed by atoms with E-state index in [1.54, 1.807) is 6.20 Å². The van der Waals surface area contributed by atoms with Crippen molar-refractivity contribution in [3.63, 3.8) is 0 Å². The van der Waals surface area contributed by atoms with Crippen molar-refractivity contribution >= 4 is 5.82 Å². The smallest absolute Gasteiger partial charge is 0.153 e. The lowest BCUT2D eigenvalue weighted by Crippen LogP contribution is -2.12. The molecule has 1 aromatic heterocycles. The predicted molar refractivity (Wildman–Crippen MR) is 35.7 cm³/mol. The van der Waals surface area contributed by atoms with Gasteiger partial charge in [0.2, 0.25) is 0 Å². The Hall–Kier alpha value is -0.960. The van der Waals surface area contributed by atoms with Crippen molar-refractivity contribution in [2.75, 3.05) is 14.1 Å². The van der Waals surface area contributed by atoms with Crippen LogP contribution in [0.15, 0.2) is 18.3 Å². The van der Waals surface area contributed by atoms with E-state index < -0.39 is 0 Å². The Morgan fingerprint density at radius 1 is 1.44 bits per heavy atom. The number of nitrogens with zero attached hydrogens (tertiary/aromatic N) is 3. The minimum atomic E-state index is 0.887. The Morgan fingerprint density at radius 3 is 2.56 bits per heavy atom. The second-order valence-electron chi connectivity index (χ2n) is 1.98. The van der Waals surface area contributed by atoms with Crippen LogP contribution in [0.1, 0.15) is 0 Å². The van der Waals surface area contributed by atoms with Gasteiger partial charge >= 0.3 is 0 Å². The van der Waals surface area contributed by atoms with Gasteiger partial charge in [0, 0.05) is 6.07 Å². The molecule has 3 heteroatoms. The van der Waals surface area contributed by atoms with Crippen molar-refractivity contribution in [2.24, 2.45) is 0 Å². The molecule has 0 saturated heterocycles. The summed E-state index contributed by atoms with van der Waals surface area (Å²) in [5.41, 5.74) is 0. The number of rotatable bonds is 1. The highest BCUT2D eigenvalue weighted by Crippen LogP contribution is 1.99. The standard InChI is InChI=1S/C6H9N3/c1-9(2)6-4-3-5-7-8-6/h3-5H,1-2H3/q+1. The first kappa shape index (κ1) is 6.16. The third-order valence-electron chi connectivity index (χ3n) is 1.02. The molecule has 1 aromatic rings. The van der Waals surface area contributed by atoms with Crippen molar-refractivity contribution in [1.82, 2.24) is 15.1 Å². The van der Waals surface area contributed by atoms with E-state index in [9.17, 15) is 0 Å². The first-order valence-electron chi connectivity index (χ1n) is 2.76. The molecule has 0 saturated carbocycles. The average Bonchev–Trinajstić information content (AvgIpc) is 1.90. The molecule has 1 rings (SSSR count). The zero-order chi connectivity index (χ0) is 6.69. The maximum atomic E-state index is 3.85. The van der Waals surface area contributed by atoms with Crippen LogP contribution in [0.2, 0.25) is 0 Å². The Balaban J connectivity index is 2.85. The molecule has 0 atom stereocenters. The quantitative estimate of drug-likeness (QED) is 0.509. The van der Waals surface area contributed by atoms with Gasteiger partial charge in [0.25, 0.3) is 5.82 Å². The third-order valence-corrected chi connectivity index (χ3v) is 1.02. The van der Waals surface area contributed by atoms with Crippen LogP contribution in [0.4, 0.5) is 5.82 Å². The summed E-state index contributed by atoms with van der Waals surface area (Å²) in [6, 6.07) is 3.77. The molecule has 0 aliphatic carbocycles. The summed E-state index contributed by atoms with van der Waals surface area (Å²) in [4.78, 5) is 1.91. The van der Waals surface area contributed by atoms with E-state index in [-0.39, 0.29) is 0 Å². The molecular formula is C6H9N3+. The van der Waals surface area contributed by atoms with Crippen LogP contribution in [0, 0.1) is 0 Å². The Bertz CT molecular complexity index is 171. The molecule has 47 valence electrons. The zero-order valence-corrected chi connectivity index (χ0v) is 5.57. The van der Waals surface area contributed by atoms with Crippen molar-refractivity contribution in [2.45, 2.75) is 0 Å². The fraction of sp³-hybridized carbons (Fsp3) is 0.333. The number of aromatic nitrogens is 2. The number of hydrogen-bond acceptors (Lipinski definition) is 3. The van der Waals surface area contributed by atoms with Crippen molar-refractivity contribution in [3.05, 3.63) is 18.3 Å². The summed E-state index contributed by atoms with van der Waals surface area (Å²) >= 11 is 0. The molecule has 0 aliphatic heterocycles. The van der Waals surface area contributed by atoms with Gasteiger partial charge in [-0.2, -0.15) is 5.10 Å². The molecule has 3 nitrogen and oxygen atoms in total. The van der Waals surface area contributed by atoms with Crippen LogP contribution in [-0.2, 0) is 0 Å². The SMILES string of the molecule is C[N+](C)c1cccnn1. The predicted octanol–water partition coefficient (Wildman–Crippen LogP) is 0.508.